The molecule has 2 aliphatic heterocycles. The summed E-state index contributed by atoms with van der Waals surface area (Å²) in [6.45, 7) is 5.27. The third kappa shape index (κ3) is 4.82. The van der Waals surface area contributed by atoms with Gasteiger partial charge in [0, 0.05) is 38.3 Å². The highest BCUT2D eigenvalue weighted by Crippen LogP contribution is 2.37. The summed E-state index contributed by atoms with van der Waals surface area (Å²) in [5.41, 5.74) is -0.344. The summed E-state index contributed by atoms with van der Waals surface area (Å²) in [7, 11) is 0. The third-order valence-electron chi connectivity index (χ3n) is 4.47. The summed E-state index contributed by atoms with van der Waals surface area (Å²) in [5, 5.41) is 11.2. The number of amides is 1. The molecule has 5 nitrogen and oxygen atoms in total. The average molecular weight is 290 g/mol. The summed E-state index contributed by atoms with van der Waals surface area (Å²) in [6.07, 6.45) is 11.5. The Hall–Kier alpha value is -1.41. The Kier molecular flexibility index (Phi) is 5.75. The SMILES string of the molecule is C#CCCC1(CCC(=O)NCC(CC)N2CCCC2)N=N1. The quantitative estimate of drug-likeness (QED) is 0.663. The Bertz CT molecular complexity index is 414. The van der Waals surface area contributed by atoms with Crippen LogP contribution in [0.25, 0.3) is 0 Å². The molecule has 1 fully saturated rings. The van der Waals surface area contributed by atoms with Gasteiger partial charge in [0.25, 0.3) is 0 Å². The first kappa shape index (κ1) is 16.0. The topological polar surface area (TPSA) is 57.1 Å². The molecule has 0 saturated carbocycles. The molecule has 0 bridgehead atoms. The van der Waals surface area contributed by atoms with E-state index in [9.17, 15) is 4.79 Å². The first-order valence-corrected chi connectivity index (χ1v) is 8.07. The van der Waals surface area contributed by atoms with E-state index in [2.05, 4.69) is 33.3 Å². The number of hydrogen-bond acceptors (Lipinski definition) is 4. The fourth-order valence-corrected chi connectivity index (χ4v) is 2.94. The minimum atomic E-state index is -0.344. The van der Waals surface area contributed by atoms with Crippen molar-refractivity contribution in [3.8, 4) is 12.3 Å². The van der Waals surface area contributed by atoms with E-state index < -0.39 is 0 Å². The highest BCUT2D eigenvalue weighted by molar-refractivity contribution is 5.76. The van der Waals surface area contributed by atoms with E-state index in [1.807, 2.05) is 0 Å². The van der Waals surface area contributed by atoms with Crippen molar-refractivity contribution < 1.29 is 4.79 Å². The van der Waals surface area contributed by atoms with Crippen LogP contribution in [0.4, 0.5) is 0 Å². The van der Waals surface area contributed by atoms with Crippen molar-refractivity contribution in [1.29, 1.82) is 0 Å². The number of carbonyl (C=O) groups is 1. The van der Waals surface area contributed by atoms with Crippen LogP contribution in [0.2, 0.25) is 0 Å². The molecule has 0 spiro atoms. The normalized spacial score (nSPS) is 21.0. The molecule has 21 heavy (non-hydrogen) atoms. The lowest BCUT2D eigenvalue weighted by atomic mass is 10.0. The summed E-state index contributed by atoms with van der Waals surface area (Å²) in [5.74, 6) is 2.71. The summed E-state index contributed by atoms with van der Waals surface area (Å²) in [6, 6.07) is 0.474. The van der Waals surface area contributed by atoms with E-state index in [0.29, 0.717) is 25.3 Å². The highest BCUT2D eigenvalue weighted by atomic mass is 16.1. The van der Waals surface area contributed by atoms with Crippen molar-refractivity contribution in [2.75, 3.05) is 19.6 Å². The molecule has 0 aliphatic carbocycles. The summed E-state index contributed by atoms with van der Waals surface area (Å²) in [4.78, 5) is 14.5. The molecule has 1 unspecified atom stereocenters. The van der Waals surface area contributed by atoms with Crippen molar-refractivity contribution in [3.05, 3.63) is 0 Å². The van der Waals surface area contributed by atoms with Gasteiger partial charge in [0.15, 0.2) is 5.66 Å². The van der Waals surface area contributed by atoms with Gasteiger partial charge in [-0.25, -0.2) is 0 Å². The van der Waals surface area contributed by atoms with Gasteiger partial charge in [0.2, 0.25) is 5.91 Å². The number of nitrogens with one attached hydrogen (secondary N) is 1. The molecule has 2 aliphatic rings. The van der Waals surface area contributed by atoms with Gasteiger partial charge >= 0.3 is 0 Å². The fraction of sp³-hybridized carbons (Fsp3) is 0.812. The molecular weight excluding hydrogens is 264 g/mol. The Morgan fingerprint density at radius 1 is 1.38 bits per heavy atom. The number of terminal acetylenes is 1. The van der Waals surface area contributed by atoms with Crippen LogP contribution in [-0.4, -0.2) is 42.1 Å². The molecule has 2 heterocycles. The Labute approximate surface area is 127 Å². The van der Waals surface area contributed by atoms with Gasteiger partial charge in [0.05, 0.1) is 0 Å². The van der Waals surface area contributed by atoms with E-state index >= 15 is 0 Å². The van der Waals surface area contributed by atoms with Crippen molar-refractivity contribution in [3.63, 3.8) is 0 Å². The molecule has 1 atom stereocenters. The maximum atomic E-state index is 12.0. The first-order valence-electron chi connectivity index (χ1n) is 8.07. The van der Waals surface area contributed by atoms with Crippen LogP contribution in [0, 0.1) is 12.3 Å². The molecule has 2 rings (SSSR count). The second-order valence-corrected chi connectivity index (χ2v) is 6.00. The second-order valence-electron chi connectivity index (χ2n) is 6.00. The lowest BCUT2D eigenvalue weighted by molar-refractivity contribution is -0.121. The molecule has 1 N–H and O–H groups in total. The fourth-order valence-electron chi connectivity index (χ4n) is 2.94. The lowest BCUT2D eigenvalue weighted by Gasteiger charge is -2.26. The van der Waals surface area contributed by atoms with Crippen LogP contribution in [0.1, 0.15) is 51.9 Å². The van der Waals surface area contributed by atoms with E-state index in [1.165, 1.54) is 25.9 Å². The zero-order valence-electron chi connectivity index (χ0n) is 13.0. The summed E-state index contributed by atoms with van der Waals surface area (Å²) < 4.78 is 0. The molecule has 116 valence electrons. The van der Waals surface area contributed by atoms with Crippen LogP contribution in [0.5, 0.6) is 0 Å². The zero-order valence-corrected chi connectivity index (χ0v) is 13.0. The monoisotopic (exact) mass is 290 g/mol. The maximum absolute atomic E-state index is 12.0. The van der Waals surface area contributed by atoms with Crippen molar-refractivity contribution in [2.45, 2.75) is 63.6 Å². The number of nitrogens with zero attached hydrogens (tertiary/aromatic N) is 3. The predicted molar refractivity (Wildman–Crippen MR) is 82.8 cm³/mol. The predicted octanol–water partition coefficient (Wildman–Crippen LogP) is 2.33. The van der Waals surface area contributed by atoms with Gasteiger partial charge in [-0.15, -0.1) is 12.3 Å². The Morgan fingerprint density at radius 2 is 2.10 bits per heavy atom. The molecule has 0 aromatic rings. The number of carbonyl (C=O) groups excluding carboxylic acids is 1. The third-order valence-corrected chi connectivity index (χ3v) is 4.47. The minimum absolute atomic E-state index is 0.102. The van der Waals surface area contributed by atoms with Crippen molar-refractivity contribution in [2.24, 2.45) is 10.2 Å². The van der Waals surface area contributed by atoms with E-state index in [4.69, 9.17) is 6.42 Å². The van der Waals surface area contributed by atoms with Gasteiger partial charge in [-0.05, 0) is 32.4 Å². The standard InChI is InChI=1S/C16H26N4O/c1-3-5-9-16(18-19-16)10-8-15(21)17-13-14(4-2)20-11-6-7-12-20/h1,14H,4-13H2,2H3,(H,17,21). The Balaban J connectivity index is 1.64. The van der Waals surface area contributed by atoms with Gasteiger partial charge in [-0.1, -0.05) is 6.92 Å². The molecule has 1 saturated heterocycles. The van der Waals surface area contributed by atoms with E-state index in [1.54, 1.807) is 0 Å². The van der Waals surface area contributed by atoms with Crippen LogP contribution in [-0.2, 0) is 4.79 Å². The largest absolute Gasteiger partial charge is 0.355 e. The maximum Gasteiger partial charge on any atom is 0.220 e. The molecule has 1 amide bonds. The lowest BCUT2D eigenvalue weighted by Crippen LogP contribution is -2.42. The van der Waals surface area contributed by atoms with Crippen LogP contribution in [0.3, 0.4) is 0 Å². The average Bonchev–Trinajstić information content (AvgIpc) is 3.06. The number of hydrogen-bond donors (Lipinski definition) is 1. The van der Waals surface area contributed by atoms with Gasteiger partial charge in [0.1, 0.15) is 0 Å². The van der Waals surface area contributed by atoms with Crippen LogP contribution >= 0.6 is 0 Å². The highest BCUT2D eigenvalue weighted by Gasteiger charge is 2.39. The zero-order chi connectivity index (χ0) is 15.1. The minimum Gasteiger partial charge on any atom is -0.355 e. The van der Waals surface area contributed by atoms with E-state index in [0.717, 1.165) is 19.4 Å². The van der Waals surface area contributed by atoms with Gasteiger partial charge in [-0.2, -0.15) is 10.2 Å². The first-order chi connectivity index (χ1) is 10.2. The molecule has 0 radical (unpaired) electrons. The molecule has 0 aromatic heterocycles. The summed E-state index contributed by atoms with van der Waals surface area (Å²) >= 11 is 0. The van der Waals surface area contributed by atoms with Crippen LogP contribution < -0.4 is 5.32 Å². The van der Waals surface area contributed by atoms with Crippen molar-refractivity contribution >= 4 is 5.91 Å². The van der Waals surface area contributed by atoms with E-state index in [-0.39, 0.29) is 11.6 Å². The smallest absolute Gasteiger partial charge is 0.220 e. The molecule has 0 aromatic carbocycles. The van der Waals surface area contributed by atoms with Gasteiger partial charge < -0.3 is 5.32 Å². The molecule has 5 heteroatoms. The second kappa shape index (κ2) is 7.56. The number of rotatable bonds is 9. The van der Waals surface area contributed by atoms with Gasteiger partial charge in [-0.3, -0.25) is 9.69 Å². The van der Waals surface area contributed by atoms with Crippen LogP contribution in [0.15, 0.2) is 10.2 Å². The van der Waals surface area contributed by atoms with Crippen molar-refractivity contribution in [1.82, 2.24) is 10.2 Å². The molecular formula is C16H26N4O. The Morgan fingerprint density at radius 3 is 2.67 bits per heavy atom. The number of likely N-dealkylation sites (tertiary alicyclic amines) is 1.